The second-order valence-corrected chi connectivity index (χ2v) is 8.65. The maximum atomic E-state index is 12.2. The zero-order valence-corrected chi connectivity index (χ0v) is 20.0. The minimum absolute atomic E-state index is 0.302. The Kier molecular flexibility index (Phi) is 8.14. The number of rotatable bonds is 6. The van der Waals surface area contributed by atoms with Crippen LogP contribution in [0, 0.1) is 7.14 Å². The minimum atomic E-state index is -0.302. The second-order valence-electron chi connectivity index (χ2n) is 6.16. The van der Waals surface area contributed by atoms with Crippen molar-refractivity contribution in [3.8, 4) is 0 Å². The van der Waals surface area contributed by atoms with E-state index in [0.717, 1.165) is 18.3 Å². The molecule has 5 nitrogen and oxygen atoms in total. The molecule has 3 aromatic rings. The summed E-state index contributed by atoms with van der Waals surface area (Å²) in [5, 5.41) is 5.39. The number of benzene rings is 2. The van der Waals surface area contributed by atoms with Crippen LogP contribution in [0.25, 0.3) is 12.2 Å². The number of pyridine rings is 1. The highest BCUT2D eigenvalue weighted by Gasteiger charge is 2.03. The maximum absolute atomic E-state index is 12.2. The third kappa shape index (κ3) is 7.38. The Hall–Kier alpha value is -2.53. The number of anilines is 2. The fourth-order valence-corrected chi connectivity index (χ4v) is 3.61. The van der Waals surface area contributed by atoms with Gasteiger partial charge in [0.25, 0.3) is 0 Å². The Morgan fingerprint density at radius 3 is 1.57 bits per heavy atom. The smallest absolute Gasteiger partial charge is 0.249 e. The number of carbonyl (C=O) groups excluding carboxylic acids is 2. The van der Waals surface area contributed by atoms with Gasteiger partial charge in [0.05, 0.1) is 0 Å². The van der Waals surface area contributed by atoms with Crippen molar-refractivity contribution in [1.82, 2.24) is 4.98 Å². The third-order valence-corrected chi connectivity index (χ3v) is 5.15. The summed E-state index contributed by atoms with van der Waals surface area (Å²) in [6.07, 6.45) is 6.36. The third-order valence-electron chi connectivity index (χ3n) is 3.80. The van der Waals surface area contributed by atoms with Gasteiger partial charge in [0, 0.05) is 19.3 Å². The lowest BCUT2D eigenvalue weighted by Gasteiger charge is -2.05. The first-order valence-electron chi connectivity index (χ1n) is 8.94. The second kappa shape index (κ2) is 11.0. The molecule has 0 unspecified atom stereocenters. The molecule has 150 valence electrons. The van der Waals surface area contributed by atoms with Crippen LogP contribution in [-0.4, -0.2) is 16.8 Å². The summed E-state index contributed by atoms with van der Waals surface area (Å²) in [7, 11) is 0. The molecule has 0 bridgehead atoms. The molecule has 2 N–H and O–H groups in total. The number of amides is 2. The summed E-state index contributed by atoms with van der Waals surface area (Å²) in [5.41, 5.74) is 1.87. The van der Waals surface area contributed by atoms with Gasteiger partial charge in [0.15, 0.2) is 0 Å². The highest BCUT2D eigenvalue weighted by molar-refractivity contribution is 14.1. The normalized spacial score (nSPS) is 11.0. The fourth-order valence-electron chi connectivity index (χ4n) is 2.47. The van der Waals surface area contributed by atoms with Crippen LogP contribution in [0.15, 0.2) is 78.9 Å². The standard InChI is InChI=1S/C23H17I2N3O2/c24-18-6-1-4-16(14-18)10-12-22(29)27-20-8-3-9-21(26-20)28-23(30)13-11-17-5-2-7-19(25)15-17/h1-15H,(H2,26,27,28,29,30)/b12-10-,13-11-. The van der Waals surface area contributed by atoms with Crippen molar-refractivity contribution < 1.29 is 9.59 Å². The van der Waals surface area contributed by atoms with Crippen molar-refractivity contribution >= 4 is 80.8 Å². The number of hydrogen-bond donors (Lipinski definition) is 2. The van der Waals surface area contributed by atoms with Crippen molar-refractivity contribution in [1.29, 1.82) is 0 Å². The molecule has 0 saturated heterocycles. The van der Waals surface area contributed by atoms with Crippen LogP contribution in [0.3, 0.4) is 0 Å². The van der Waals surface area contributed by atoms with E-state index in [1.807, 2.05) is 48.5 Å². The Labute approximate surface area is 202 Å². The van der Waals surface area contributed by atoms with E-state index in [2.05, 4.69) is 60.8 Å². The highest BCUT2D eigenvalue weighted by atomic mass is 127. The van der Waals surface area contributed by atoms with Gasteiger partial charge in [0.1, 0.15) is 11.6 Å². The fraction of sp³-hybridized carbons (Fsp3) is 0. The molecule has 2 amide bonds. The van der Waals surface area contributed by atoms with Crippen molar-refractivity contribution in [3.05, 3.63) is 97.1 Å². The molecule has 0 atom stereocenters. The van der Waals surface area contributed by atoms with E-state index in [1.54, 1.807) is 30.4 Å². The molecule has 0 fully saturated rings. The van der Waals surface area contributed by atoms with Crippen molar-refractivity contribution in [2.75, 3.05) is 10.6 Å². The van der Waals surface area contributed by atoms with E-state index in [9.17, 15) is 9.59 Å². The SMILES string of the molecule is O=C(/C=C\c1cccc(I)c1)Nc1cccc(NC(=O)/C=C\c2cccc(I)c2)n1. The molecule has 0 radical (unpaired) electrons. The summed E-state index contributed by atoms with van der Waals surface area (Å²) in [6.45, 7) is 0. The molecule has 0 aliphatic heterocycles. The predicted molar refractivity (Wildman–Crippen MR) is 138 cm³/mol. The van der Waals surface area contributed by atoms with Gasteiger partial charge in [-0.2, -0.15) is 0 Å². The highest BCUT2D eigenvalue weighted by Crippen LogP contribution is 2.12. The average Bonchev–Trinajstić information content (AvgIpc) is 2.71. The Morgan fingerprint density at radius 1 is 0.700 bits per heavy atom. The van der Waals surface area contributed by atoms with Crippen LogP contribution in [0.4, 0.5) is 11.6 Å². The molecule has 30 heavy (non-hydrogen) atoms. The first-order valence-corrected chi connectivity index (χ1v) is 11.1. The van der Waals surface area contributed by atoms with Gasteiger partial charge in [-0.3, -0.25) is 9.59 Å². The van der Waals surface area contributed by atoms with Crippen LogP contribution >= 0.6 is 45.2 Å². The largest absolute Gasteiger partial charge is 0.307 e. The van der Waals surface area contributed by atoms with Gasteiger partial charge in [-0.15, -0.1) is 0 Å². The molecular weight excluding hydrogens is 604 g/mol. The van der Waals surface area contributed by atoms with Crippen LogP contribution in [-0.2, 0) is 9.59 Å². The molecule has 3 rings (SSSR count). The molecule has 2 aromatic carbocycles. The summed E-state index contributed by atoms with van der Waals surface area (Å²) < 4.78 is 2.19. The van der Waals surface area contributed by atoms with E-state index in [0.29, 0.717) is 11.6 Å². The predicted octanol–water partition coefficient (Wildman–Crippen LogP) is 5.59. The molecule has 0 aliphatic carbocycles. The molecule has 1 aromatic heterocycles. The summed E-state index contributed by atoms with van der Waals surface area (Å²) in [6, 6.07) is 20.7. The van der Waals surface area contributed by atoms with E-state index < -0.39 is 0 Å². The first-order chi connectivity index (χ1) is 14.5. The molecule has 1 heterocycles. The van der Waals surface area contributed by atoms with Gasteiger partial charge in [0.2, 0.25) is 11.8 Å². The number of aromatic nitrogens is 1. The van der Waals surface area contributed by atoms with E-state index >= 15 is 0 Å². The quantitative estimate of drug-likeness (QED) is 0.279. The van der Waals surface area contributed by atoms with Crippen LogP contribution in [0.1, 0.15) is 11.1 Å². The Bertz CT molecular complexity index is 1040. The molecule has 0 saturated carbocycles. The summed E-state index contributed by atoms with van der Waals surface area (Å²) in [4.78, 5) is 28.6. The number of carbonyl (C=O) groups is 2. The first kappa shape index (κ1) is 22.2. The lowest BCUT2D eigenvalue weighted by molar-refractivity contribution is -0.112. The van der Waals surface area contributed by atoms with Crippen molar-refractivity contribution in [2.45, 2.75) is 0 Å². The Morgan fingerprint density at radius 2 is 1.13 bits per heavy atom. The van der Waals surface area contributed by atoms with Gasteiger partial charge >= 0.3 is 0 Å². The van der Waals surface area contributed by atoms with E-state index in [4.69, 9.17) is 0 Å². The van der Waals surface area contributed by atoms with Crippen molar-refractivity contribution in [3.63, 3.8) is 0 Å². The van der Waals surface area contributed by atoms with Crippen LogP contribution < -0.4 is 10.6 Å². The summed E-state index contributed by atoms with van der Waals surface area (Å²) in [5.74, 6) is 0.102. The molecular formula is C23H17I2N3O2. The minimum Gasteiger partial charge on any atom is -0.307 e. The zero-order valence-electron chi connectivity index (χ0n) is 15.7. The van der Waals surface area contributed by atoms with Gasteiger partial charge in [-0.05, 0) is 105 Å². The number of halogens is 2. The average molecular weight is 621 g/mol. The summed E-state index contributed by atoms with van der Waals surface area (Å²) >= 11 is 4.44. The molecule has 7 heteroatoms. The van der Waals surface area contributed by atoms with E-state index in [-0.39, 0.29) is 11.8 Å². The van der Waals surface area contributed by atoms with E-state index in [1.165, 1.54) is 12.2 Å². The van der Waals surface area contributed by atoms with Crippen LogP contribution in [0.5, 0.6) is 0 Å². The number of nitrogens with one attached hydrogen (secondary N) is 2. The van der Waals surface area contributed by atoms with Gasteiger partial charge in [-0.25, -0.2) is 4.98 Å². The van der Waals surface area contributed by atoms with Gasteiger partial charge in [-0.1, -0.05) is 30.3 Å². The van der Waals surface area contributed by atoms with Gasteiger partial charge < -0.3 is 10.6 Å². The topological polar surface area (TPSA) is 71.1 Å². The lowest BCUT2D eigenvalue weighted by Crippen LogP contribution is -2.12. The number of hydrogen-bond acceptors (Lipinski definition) is 3. The van der Waals surface area contributed by atoms with Crippen molar-refractivity contribution in [2.24, 2.45) is 0 Å². The Balaban J connectivity index is 1.58. The maximum Gasteiger partial charge on any atom is 0.249 e. The number of nitrogens with zero attached hydrogens (tertiary/aromatic N) is 1. The lowest BCUT2D eigenvalue weighted by atomic mass is 10.2. The molecule has 0 aliphatic rings. The molecule has 0 spiro atoms. The zero-order chi connectivity index (χ0) is 21.3. The monoisotopic (exact) mass is 621 g/mol. The van der Waals surface area contributed by atoms with Crippen LogP contribution in [0.2, 0.25) is 0 Å².